The summed E-state index contributed by atoms with van der Waals surface area (Å²) in [6.45, 7) is 4.31. The number of carbonyl (C=O) groups is 1. The molecule has 0 spiro atoms. The Morgan fingerprint density at radius 1 is 1.00 bits per heavy atom. The molecule has 1 rings (SSSR count). The Labute approximate surface area is 137 Å². The predicted molar refractivity (Wildman–Crippen MR) is 85.6 cm³/mol. The van der Waals surface area contributed by atoms with Crippen molar-refractivity contribution in [2.45, 2.75) is 23.6 Å². The maximum atomic E-state index is 12.4. The van der Waals surface area contributed by atoms with E-state index in [9.17, 15) is 21.6 Å². The van der Waals surface area contributed by atoms with Gasteiger partial charge in [-0.1, -0.05) is 0 Å². The topological polar surface area (TPSA) is 118 Å². The summed E-state index contributed by atoms with van der Waals surface area (Å²) in [6, 6.07) is 4.52. The van der Waals surface area contributed by atoms with Crippen molar-refractivity contribution < 1.29 is 21.6 Å². The van der Waals surface area contributed by atoms with Crippen LogP contribution >= 0.6 is 0 Å². The fourth-order valence-corrected chi connectivity index (χ4v) is 3.57. The Morgan fingerprint density at radius 3 is 1.83 bits per heavy atom. The Balaban J connectivity index is 3.00. The summed E-state index contributed by atoms with van der Waals surface area (Å²) < 4.78 is 48.1. The van der Waals surface area contributed by atoms with Crippen molar-refractivity contribution in [3.8, 4) is 0 Å². The molecule has 0 unspecified atom stereocenters. The van der Waals surface area contributed by atoms with E-state index in [0.717, 1.165) is 28.6 Å². The van der Waals surface area contributed by atoms with Gasteiger partial charge in [0.15, 0.2) is 0 Å². The lowest BCUT2D eigenvalue weighted by molar-refractivity contribution is -0.130. The highest BCUT2D eigenvalue weighted by molar-refractivity contribution is 7.89. The first-order valence-corrected chi connectivity index (χ1v) is 9.89. The normalized spacial score (nSPS) is 12.4. The third kappa shape index (κ3) is 4.74. The minimum atomic E-state index is -3.90. The van der Waals surface area contributed by atoms with E-state index >= 15 is 0 Å². The summed E-state index contributed by atoms with van der Waals surface area (Å²) in [5, 5.41) is 4.97. The molecule has 0 heterocycles. The molecule has 0 aliphatic heterocycles. The van der Waals surface area contributed by atoms with Crippen molar-refractivity contribution in [2.75, 3.05) is 26.7 Å². The molecule has 8 nitrogen and oxygen atoms in total. The molecule has 0 bridgehead atoms. The van der Waals surface area contributed by atoms with Crippen molar-refractivity contribution in [3.05, 3.63) is 24.3 Å². The van der Waals surface area contributed by atoms with Gasteiger partial charge in [0.05, 0.1) is 16.3 Å². The molecule has 23 heavy (non-hydrogen) atoms. The molecular weight excluding hydrogens is 342 g/mol. The van der Waals surface area contributed by atoms with E-state index < -0.39 is 20.0 Å². The van der Waals surface area contributed by atoms with Crippen molar-refractivity contribution in [1.82, 2.24) is 9.21 Å². The quantitative estimate of drug-likeness (QED) is 0.721. The number of amides is 1. The van der Waals surface area contributed by atoms with Gasteiger partial charge in [0.1, 0.15) is 0 Å². The number of nitrogens with two attached hydrogens (primary N) is 1. The van der Waals surface area contributed by atoms with E-state index in [1.165, 1.54) is 11.9 Å². The van der Waals surface area contributed by atoms with Gasteiger partial charge in [-0.2, -0.15) is 4.31 Å². The van der Waals surface area contributed by atoms with Gasteiger partial charge in [0.25, 0.3) is 0 Å². The van der Waals surface area contributed by atoms with Crippen LogP contribution < -0.4 is 5.14 Å². The van der Waals surface area contributed by atoms with Crippen LogP contribution in [0.15, 0.2) is 34.1 Å². The molecule has 0 saturated carbocycles. The summed E-state index contributed by atoms with van der Waals surface area (Å²) in [5.74, 6) is -0.303. The summed E-state index contributed by atoms with van der Waals surface area (Å²) in [7, 11) is -6.49. The molecule has 0 aliphatic rings. The van der Waals surface area contributed by atoms with E-state index in [2.05, 4.69) is 0 Å². The number of carbonyl (C=O) groups excluding carboxylic acids is 1. The Hall–Kier alpha value is -1.49. The number of nitrogens with zero attached hydrogens (tertiary/aromatic N) is 2. The number of sulfonamides is 2. The maximum absolute atomic E-state index is 12.4. The van der Waals surface area contributed by atoms with Crippen LogP contribution in [0.5, 0.6) is 0 Å². The third-order valence-corrected chi connectivity index (χ3v) is 6.08. The minimum absolute atomic E-state index is 0.111. The second-order valence-corrected chi connectivity index (χ2v) is 8.45. The zero-order chi connectivity index (χ0) is 17.8. The second-order valence-electron chi connectivity index (χ2n) is 4.84. The Morgan fingerprint density at radius 2 is 1.43 bits per heavy atom. The van der Waals surface area contributed by atoms with E-state index in [1.54, 1.807) is 0 Å². The number of hydrogen-bond acceptors (Lipinski definition) is 5. The maximum Gasteiger partial charge on any atom is 0.243 e. The average Bonchev–Trinajstić information content (AvgIpc) is 2.47. The fourth-order valence-electron chi connectivity index (χ4n) is 1.93. The van der Waals surface area contributed by atoms with Gasteiger partial charge < -0.3 is 4.90 Å². The number of benzene rings is 1. The van der Waals surface area contributed by atoms with Crippen molar-refractivity contribution in [2.24, 2.45) is 5.14 Å². The summed E-state index contributed by atoms with van der Waals surface area (Å²) in [6.07, 6.45) is 0. The van der Waals surface area contributed by atoms with E-state index in [1.807, 2.05) is 13.8 Å². The van der Waals surface area contributed by atoms with Crippen molar-refractivity contribution >= 4 is 26.0 Å². The van der Waals surface area contributed by atoms with E-state index in [4.69, 9.17) is 5.14 Å². The third-order valence-electron chi connectivity index (χ3n) is 3.33. The first kappa shape index (κ1) is 19.6. The SMILES string of the molecule is CCN(CC)C(=O)CN(C)S(=O)(=O)c1ccc(S(N)(=O)=O)cc1. The molecule has 1 aromatic carbocycles. The highest BCUT2D eigenvalue weighted by Gasteiger charge is 2.24. The van der Waals surface area contributed by atoms with Crippen LogP contribution in [0.3, 0.4) is 0 Å². The molecule has 0 fully saturated rings. The lowest BCUT2D eigenvalue weighted by Crippen LogP contribution is -2.40. The van der Waals surface area contributed by atoms with E-state index in [0.29, 0.717) is 13.1 Å². The molecular formula is C13H21N3O5S2. The van der Waals surface area contributed by atoms with Gasteiger partial charge in [-0.3, -0.25) is 4.79 Å². The van der Waals surface area contributed by atoms with Crippen molar-refractivity contribution in [1.29, 1.82) is 0 Å². The van der Waals surface area contributed by atoms with Gasteiger partial charge in [0.2, 0.25) is 26.0 Å². The minimum Gasteiger partial charge on any atom is -0.342 e. The van der Waals surface area contributed by atoms with Crippen LogP contribution in [0.25, 0.3) is 0 Å². The summed E-state index contributed by atoms with van der Waals surface area (Å²) >= 11 is 0. The molecule has 0 aromatic heterocycles. The number of primary sulfonamides is 1. The van der Waals surface area contributed by atoms with Crippen LogP contribution in [0.1, 0.15) is 13.8 Å². The molecule has 2 N–H and O–H groups in total. The lowest BCUT2D eigenvalue weighted by Gasteiger charge is -2.23. The molecule has 0 radical (unpaired) electrons. The predicted octanol–water partition coefficient (Wildman–Crippen LogP) is -0.177. The molecule has 1 amide bonds. The molecule has 10 heteroatoms. The van der Waals surface area contributed by atoms with E-state index in [-0.39, 0.29) is 22.2 Å². The molecule has 0 saturated heterocycles. The molecule has 0 atom stereocenters. The molecule has 1 aromatic rings. The van der Waals surface area contributed by atoms with Crippen LogP contribution in [-0.2, 0) is 24.8 Å². The smallest absolute Gasteiger partial charge is 0.243 e. The monoisotopic (exact) mass is 363 g/mol. The van der Waals surface area contributed by atoms with Crippen LogP contribution in [0, 0.1) is 0 Å². The van der Waals surface area contributed by atoms with Gasteiger partial charge in [0, 0.05) is 20.1 Å². The first-order valence-electron chi connectivity index (χ1n) is 6.91. The highest BCUT2D eigenvalue weighted by atomic mass is 32.2. The number of rotatable bonds is 7. The summed E-state index contributed by atoms with van der Waals surface area (Å²) in [5.41, 5.74) is 0. The standard InChI is InChI=1S/C13H21N3O5S2/c1-4-16(5-2)13(17)10-15(3)23(20,21)12-8-6-11(7-9-12)22(14,18)19/h6-9H,4-5,10H2,1-3H3,(H2,14,18,19). The second kappa shape index (κ2) is 7.39. The van der Waals surface area contributed by atoms with Crippen LogP contribution in [-0.4, -0.2) is 58.6 Å². The zero-order valence-corrected chi connectivity index (χ0v) is 14.9. The first-order chi connectivity index (χ1) is 10.5. The molecule has 0 aliphatic carbocycles. The van der Waals surface area contributed by atoms with Gasteiger partial charge in [-0.25, -0.2) is 22.0 Å². The van der Waals surface area contributed by atoms with Gasteiger partial charge >= 0.3 is 0 Å². The number of likely N-dealkylation sites (N-methyl/N-ethyl adjacent to an activating group) is 2. The lowest BCUT2D eigenvalue weighted by atomic mass is 10.4. The van der Waals surface area contributed by atoms with Crippen molar-refractivity contribution in [3.63, 3.8) is 0 Å². The average molecular weight is 363 g/mol. The van der Waals surface area contributed by atoms with Gasteiger partial charge in [-0.15, -0.1) is 0 Å². The molecule has 130 valence electrons. The summed E-state index contributed by atoms with van der Waals surface area (Å²) in [4.78, 5) is 13.2. The highest BCUT2D eigenvalue weighted by Crippen LogP contribution is 2.17. The Bertz CT molecular complexity index is 753. The Kier molecular flexibility index (Phi) is 6.28. The number of hydrogen-bond donors (Lipinski definition) is 1. The van der Waals surface area contributed by atoms with Gasteiger partial charge in [-0.05, 0) is 38.1 Å². The zero-order valence-electron chi connectivity index (χ0n) is 13.3. The largest absolute Gasteiger partial charge is 0.342 e. The fraction of sp³-hybridized carbons (Fsp3) is 0.462. The van der Waals surface area contributed by atoms with Crippen LogP contribution in [0.2, 0.25) is 0 Å². The van der Waals surface area contributed by atoms with Crippen LogP contribution in [0.4, 0.5) is 0 Å².